The van der Waals surface area contributed by atoms with Gasteiger partial charge in [-0.2, -0.15) is 0 Å². The molecular formula is C12H19N3O2. The van der Waals surface area contributed by atoms with Gasteiger partial charge in [-0.05, 0) is 25.2 Å². The number of carbonyl (C=O) groups is 1. The zero-order valence-electron chi connectivity index (χ0n) is 10.3. The molecule has 0 aliphatic heterocycles. The van der Waals surface area contributed by atoms with Gasteiger partial charge < -0.3 is 15.4 Å². The second kappa shape index (κ2) is 6.85. The fourth-order valence-electron chi connectivity index (χ4n) is 1.41. The van der Waals surface area contributed by atoms with E-state index >= 15 is 0 Å². The van der Waals surface area contributed by atoms with Crippen LogP contribution in [0.1, 0.15) is 24.3 Å². The quantitative estimate of drug-likeness (QED) is 0.752. The summed E-state index contributed by atoms with van der Waals surface area (Å²) in [5.74, 6) is -0.405. The van der Waals surface area contributed by atoms with E-state index in [-0.39, 0.29) is 0 Å². The van der Waals surface area contributed by atoms with Gasteiger partial charge in [0, 0.05) is 6.54 Å². The molecule has 0 radical (unpaired) electrons. The molecule has 0 aliphatic carbocycles. The van der Waals surface area contributed by atoms with Crippen LogP contribution in [0, 0.1) is 0 Å². The average Bonchev–Trinajstić information content (AvgIpc) is 2.35. The van der Waals surface area contributed by atoms with Crippen LogP contribution < -0.4 is 5.73 Å². The molecule has 5 nitrogen and oxygen atoms in total. The fourth-order valence-corrected chi connectivity index (χ4v) is 1.41. The number of likely N-dealkylation sites (N-methyl/N-ethyl adjacent to an activating group) is 1. The highest BCUT2D eigenvalue weighted by Gasteiger charge is 2.08. The lowest BCUT2D eigenvalue weighted by Gasteiger charge is -2.17. The summed E-state index contributed by atoms with van der Waals surface area (Å²) < 4.78 is 5.12. The van der Waals surface area contributed by atoms with E-state index in [1.165, 1.54) is 6.20 Å². The number of hydrogen-bond acceptors (Lipinski definition) is 5. The molecule has 0 saturated heterocycles. The van der Waals surface area contributed by atoms with Crippen molar-refractivity contribution in [3.63, 3.8) is 0 Å². The maximum atomic E-state index is 11.6. The first-order chi connectivity index (χ1) is 8.17. The predicted molar refractivity (Wildman–Crippen MR) is 66.7 cm³/mol. The number of esters is 1. The Kier molecular flexibility index (Phi) is 5.42. The van der Waals surface area contributed by atoms with E-state index in [1.807, 2.05) is 0 Å². The number of nitrogens with two attached hydrogens (primary N) is 1. The van der Waals surface area contributed by atoms with Gasteiger partial charge in [0.25, 0.3) is 0 Å². The molecule has 94 valence electrons. The van der Waals surface area contributed by atoms with Crippen LogP contribution in [0.15, 0.2) is 18.3 Å². The molecule has 0 unspecified atom stereocenters. The fraction of sp³-hybridized carbons (Fsp3) is 0.500. The summed E-state index contributed by atoms with van der Waals surface area (Å²) in [6.45, 7) is 7.18. The van der Waals surface area contributed by atoms with E-state index in [0.717, 1.165) is 19.6 Å². The Hall–Kier alpha value is -1.62. The van der Waals surface area contributed by atoms with E-state index in [2.05, 4.69) is 23.7 Å². The van der Waals surface area contributed by atoms with Crippen LogP contribution in [-0.2, 0) is 4.74 Å². The molecule has 17 heavy (non-hydrogen) atoms. The number of carbonyl (C=O) groups excluding carboxylic acids is 1. The minimum absolute atomic E-state index is 0.291. The van der Waals surface area contributed by atoms with Crippen LogP contribution in [0.25, 0.3) is 0 Å². The lowest BCUT2D eigenvalue weighted by Crippen LogP contribution is -2.28. The van der Waals surface area contributed by atoms with E-state index in [9.17, 15) is 4.79 Å². The normalized spacial score (nSPS) is 10.5. The third kappa shape index (κ3) is 4.40. The molecule has 0 aliphatic rings. The van der Waals surface area contributed by atoms with Crippen molar-refractivity contribution in [2.24, 2.45) is 0 Å². The van der Waals surface area contributed by atoms with Crippen molar-refractivity contribution < 1.29 is 9.53 Å². The molecule has 5 heteroatoms. The highest BCUT2D eigenvalue weighted by molar-refractivity contribution is 5.87. The largest absolute Gasteiger partial charge is 0.460 e. The maximum Gasteiger partial charge on any atom is 0.356 e. The molecule has 0 amide bonds. The molecule has 0 spiro atoms. The molecule has 0 saturated carbocycles. The summed E-state index contributed by atoms with van der Waals surface area (Å²) in [5.41, 5.74) is 6.30. The van der Waals surface area contributed by atoms with Gasteiger partial charge in [0.2, 0.25) is 0 Å². The van der Waals surface area contributed by atoms with Gasteiger partial charge in [0.15, 0.2) is 0 Å². The lowest BCUT2D eigenvalue weighted by molar-refractivity contribution is 0.0459. The van der Waals surface area contributed by atoms with Crippen LogP contribution in [0.4, 0.5) is 5.69 Å². The molecule has 1 heterocycles. The summed E-state index contributed by atoms with van der Waals surface area (Å²) in [6.07, 6.45) is 1.45. The third-order valence-corrected chi connectivity index (χ3v) is 2.53. The van der Waals surface area contributed by atoms with Crippen LogP contribution in [0.2, 0.25) is 0 Å². The van der Waals surface area contributed by atoms with Gasteiger partial charge >= 0.3 is 5.97 Å². The number of nitrogen functional groups attached to an aromatic ring is 1. The smallest absolute Gasteiger partial charge is 0.356 e. The SMILES string of the molecule is CCN(CC)CCOC(=O)c1ccc(N)cn1. The first-order valence-electron chi connectivity index (χ1n) is 5.78. The number of hydrogen-bond donors (Lipinski definition) is 1. The minimum Gasteiger partial charge on any atom is -0.460 e. The van der Waals surface area contributed by atoms with Crippen molar-refractivity contribution in [1.29, 1.82) is 0 Å². The van der Waals surface area contributed by atoms with Crippen LogP contribution in [-0.4, -0.2) is 42.1 Å². The summed E-state index contributed by atoms with van der Waals surface area (Å²) in [5, 5.41) is 0. The van der Waals surface area contributed by atoms with Gasteiger partial charge in [0.1, 0.15) is 12.3 Å². The number of aromatic nitrogens is 1. The second-order valence-corrected chi connectivity index (χ2v) is 3.64. The molecule has 2 N–H and O–H groups in total. The number of pyridine rings is 1. The van der Waals surface area contributed by atoms with Gasteiger partial charge in [-0.1, -0.05) is 13.8 Å². The number of ether oxygens (including phenoxy) is 1. The van der Waals surface area contributed by atoms with Crippen molar-refractivity contribution in [3.8, 4) is 0 Å². The first kappa shape index (κ1) is 13.4. The third-order valence-electron chi connectivity index (χ3n) is 2.53. The van der Waals surface area contributed by atoms with E-state index in [4.69, 9.17) is 10.5 Å². The van der Waals surface area contributed by atoms with Crippen molar-refractivity contribution in [2.45, 2.75) is 13.8 Å². The molecule has 0 atom stereocenters. The monoisotopic (exact) mass is 237 g/mol. The molecule has 0 bridgehead atoms. The Morgan fingerprint density at radius 2 is 2.12 bits per heavy atom. The summed E-state index contributed by atoms with van der Waals surface area (Å²) in [6, 6.07) is 3.20. The number of nitrogens with zero attached hydrogens (tertiary/aromatic N) is 2. The van der Waals surface area contributed by atoms with Crippen LogP contribution >= 0.6 is 0 Å². The Morgan fingerprint density at radius 3 is 2.65 bits per heavy atom. The second-order valence-electron chi connectivity index (χ2n) is 3.64. The zero-order chi connectivity index (χ0) is 12.7. The Bertz CT molecular complexity index is 347. The molecule has 1 aromatic heterocycles. The van der Waals surface area contributed by atoms with Crippen LogP contribution in [0.5, 0.6) is 0 Å². The van der Waals surface area contributed by atoms with Gasteiger partial charge in [-0.25, -0.2) is 9.78 Å². The highest BCUT2D eigenvalue weighted by Crippen LogP contribution is 2.02. The van der Waals surface area contributed by atoms with Gasteiger partial charge in [0.05, 0.1) is 11.9 Å². The minimum atomic E-state index is -0.405. The summed E-state index contributed by atoms with van der Waals surface area (Å²) in [7, 11) is 0. The van der Waals surface area contributed by atoms with E-state index < -0.39 is 5.97 Å². The van der Waals surface area contributed by atoms with Crippen molar-refractivity contribution in [2.75, 3.05) is 32.0 Å². The molecule has 1 aromatic rings. The number of rotatable bonds is 6. The Balaban J connectivity index is 2.37. The maximum absolute atomic E-state index is 11.6. The zero-order valence-corrected chi connectivity index (χ0v) is 10.3. The summed E-state index contributed by atoms with van der Waals surface area (Å²) >= 11 is 0. The number of anilines is 1. The molecule has 0 aromatic carbocycles. The van der Waals surface area contributed by atoms with Crippen molar-refractivity contribution in [1.82, 2.24) is 9.88 Å². The Labute approximate surface area is 102 Å². The first-order valence-corrected chi connectivity index (χ1v) is 5.78. The summed E-state index contributed by atoms with van der Waals surface area (Å²) in [4.78, 5) is 17.7. The predicted octanol–water partition coefficient (Wildman–Crippen LogP) is 1.16. The van der Waals surface area contributed by atoms with Crippen molar-refractivity contribution >= 4 is 11.7 Å². The van der Waals surface area contributed by atoms with Gasteiger partial charge in [-0.15, -0.1) is 0 Å². The van der Waals surface area contributed by atoms with Gasteiger partial charge in [-0.3, -0.25) is 0 Å². The molecule has 1 rings (SSSR count). The van der Waals surface area contributed by atoms with E-state index in [1.54, 1.807) is 12.1 Å². The average molecular weight is 237 g/mol. The lowest BCUT2D eigenvalue weighted by atomic mass is 10.3. The standard InChI is InChI=1S/C12H19N3O2/c1-3-15(4-2)7-8-17-12(16)11-6-5-10(13)9-14-11/h5-6,9H,3-4,7-8,13H2,1-2H3. The Morgan fingerprint density at radius 1 is 1.41 bits per heavy atom. The van der Waals surface area contributed by atoms with E-state index in [0.29, 0.717) is 18.0 Å². The molecular weight excluding hydrogens is 218 g/mol. The molecule has 0 fully saturated rings. The van der Waals surface area contributed by atoms with Crippen molar-refractivity contribution in [3.05, 3.63) is 24.0 Å². The topological polar surface area (TPSA) is 68.5 Å². The van der Waals surface area contributed by atoms with Crippen LogP contribution in [0.3, 0.4) is 0 Å². The highest BCUT2D eigenvalue weighted by atomic mass is 16.5.